The number of nitrogens with zero attached hydrogens (tertiary/aromatic N) is 4. The minimum absolute atomic E-state index is 0.0197. The number of hydrogen-bond acceptors (Lipinski definition) is 8. The number of hydrogen-bond donors (Lipinski definition) is 1. The molecule has 3 aromatic heterocycles. The van der Waals surface area contributed by atoms with E-state index in [1.807, 2.05) is 35.7 Å². The van der Waals surface area contributed by atoms with Crippen LogP contribution < -0.4 is 4.90 Å². The van der Waals surface area contributed by atoms with Gasteiger partial charge in [0.05, 0.1) is 23.0 Å². The Balaban J connectivity index is 1.71. The van der Waals surface area contributed by atoms with E-state index < -0.39 is 23.7 Å². The molecule has 9 nitrogen and oxygen atoms in total. The third-order valence-electron chi connectivity index (χ3n) is 6.43. The summed E-state index contributed by atoms with van der Waals surface area (Å²) in [7, 11) is 0. The number of pyridine rings is 1. The van der Waals surface area contributed by atoms with Crippen molar-refractivity contribution in [3.05, 3.63) is 98.4 Å². The maximum atomic E-state index is 13.6. The fourth-order valence-electron chi connectivity index (χ4n) is 4.57. The van der Waals surface area contributed by atoms with E-state index in [1.165, 1.54) is 11.0 Å². The van der Waals surface area contributed by atoms with Crippen LogP contribution in [0.1, 0.15) is 43.9 Å². The van der Waals surface area contributed by atoms with Gasteiger partial charge < -0.3 is 14.2 Å². The Morgan fingerprint density at radius 3 is 2.67 bits per heavy atom. The van der Waals surface area contributed by atoms with Crippen molar-refractivity contribution >= 4 is 61.5 Å². The second-order valence-electron chi connectivity index (χ2n) is 8.95. The highest BCUT2D eigenvalue weighted by molar-refractivity contribution is 9.10. The number of carbonyl (C=O) groups is 3. The zero-order valence-electron chi connectivity index (χ0n) is 21.3. The maximum Gasteiger partial charge on any atom is 0.350 e. The van der Waals surface area contributed by atoms with Gasteiger partial charge in [0.15, 0.2) is 10.9 Å². The standard InChI is InChI=1S/C28H23BrN4O5S/c1-5-12-38-27(37)24-15(3)30-28(39-24)33-21(17-9-6-10-18(29)13-17)19(23(35)26(33)36)22(34)20-16(4)32-11-7-8-14(2)25(32)31-20/h5-11,13,21,34H,1,12H2,2-4H3. The molecule has 1 saturated heterocycles. The monoisotopic (exact) mass is 606 g/mol. The summed E-state index contributed by atoms with van der Waals surface area (Å²) in [6, 6.07) is 9.84. The molecule has 0 saturated carbocycles. The number of halogens is 1. The third kappa shape index (κ3) is 4.47. The Morgan fingerprint density at radius 2 is 1.97 bits per heavy atom. The first-order chi connectivity index (χ1) is 18.6. The van der Waals surface area contributed by atoms with E-state index in [-0.39, 0.29) is 33.6 Å². The molecular formula is C28H23BrN4O5S. The Kier molecular flexibility index (Phi) is 6.96. The number of aromatic nitrogens is 3. The smallest absolute Gasteiger partial charge is 0.350 e. The van der Waals surface area contributed by atoms with Crippen LogP contribution >= 0.6 is 27.3 Å². The molecule has 11 heteroatoms. The highest BCUT2D eigenvalue weighted by atomic mass is 79.9. The minimum atomic E-state index is -1.02. The van der Waals surface area contributed by atoms with Crippen LogP contribution in [0, 0.1) is 20.8 Å². The van der Waals surface area contributed by atoms with Crippen molar-refractivity contribution in [3.63, 3.8) is 0 Å². The van der Waals surface area contributed by atoms with Crippen LogP contribution in [0.3, 0.4) is 0 Å². The van der Waals surface area contributed by atoms with Crippen LogP contribution in [-0.2, 0) is 14.3 Å². The maximum absolute atomic E-state index is 13.6. The molecule has 1 aliphatic heterocycles. The Morgan fingerprint density at radius 1 is 1.21 bits per heavy atom. The van der Waals surface area contributed by atoms with Gasteiger partial charge in [-0.3, -0.25) is 14.5 Å². The number of thiazole rings is 1. The fraction of sp³-hybridized carbons (Fsp3) is 0.179. The molecule has 1 fully saturated rings. The first-order valence-corrected chi connectivity index (χ1v) is 13.5. The summed E-state index contributed by atoms with van der Waals surface area (Å²) < 4.78 is 7.69. The van der Waals surface area contributed by atoms with Crippen LogP contribution in [0.4, 0.5) is 5.13 Å². The number of anilines is 1. The lowest BCUT2D eigenvalue weighted by atomic mass is 9.96. The van der Waals surface area contributed by atoms with Crippen LogP contribution in [0.15, 0.2) is 65.3 Å². The summed E-state index contributed by atoms with van der Waals surface area (Å²) in [5.74, 6) is -2.75. The predicted octanol–water partition coefficient (Wildman–Crippen LogP) is 5.45. The molecule has 1 N–H and O–H groups in total. The van der Waals surface area contributed by atoms with Gasteiger partial charge in [-0.15, -0.1) is 0 Å². The zero-order valence-corrected chi connectivity index (χ0v) is 23.7. The van der Waals surface area contributed by atoms with Crippen molar-refractivity contribution in [2.45, 2.75) is 26.8 Å². The first kappa shape index (κ1) is 26.5. The van der Waals surface area contributed by atoms with Crippen molar-refractivity contribution in [2.75, 3.05) is 11.5 Å². The number of amides is 1. The zero-order chi connectivity index (χ0) is 28.0. The molecule has 0 radical (unpaired) electrons. The second kappa shape index (κ2) is 10.2. The summed E-state index contributed by atoms with van der Waals surface area (Å²) in [4.78, 5) is 50.1. The Hall–Kier alpha value is -4.09. The number of aryl methyl sites for hydroxylation is 3. The van der Waals surface area contributed by atoms with Gasteiger partial charge in [0.2, 0.25) is 0 Å². The molecule has 1 aliphatic rings. The predicted molar refractivity (Wildman–Crippen MR) is 151 cm³/mol. The SMILES string of the molecule is C=CCOC(=O)c1sc(N2C(=O)C(=O)C(=C(O)c3nc4c(C)cccn4c3C)C2c2cccc(Br)c2)nc1C. The Bertz CT molecular complexity index is 1720. The van der Waals surface area contributed by atoms with Crippen molar-refractivity contribution in [1.29, 1.82) is 0 Å². The molecule has 0 bridgehead atoms. The molecule has 1 atom stereocenters. The summed E-state index contributed by atoms with van der Waals surface area (Å²) in [6.07, 6.45) is 3.26. The van der Waals surface area contributed by atoms with Gasteiger partial charge in [0.25, 0.3) is 5.78 Å². The van der Waals surface area contributed by atoms with Crippen LogP contribution in [-0.4, -0.2) is 43.7 Å². The van der Waals surface area contributed by atoms with E-state index in [4.69, 9.17) is 4.74 Å². The number of ether oxygens (including phenoxy) is 1. The normalized spacial score (nSPS) is 16.7. The van der Waals surface area contributed by atoms with Gasteiger partial charge in [-0.25, -0.2) is 14.8 Å². The molecule has 39 heavy (non-hydrogen) atoms. The molecule has 198 valence electrons. The molecule has 4 aromatic rings. The van der Waals surface area contributed by atoms with Gasteiger partial charge in [-0.1, -0.05) is 58.1 Å². The summed E-state index contributed by atoms with van der Waals surface area (Å²) in [6.45, 7) is 8.86. The largest absolute Gasteiger partial charge is 0.505 e. The highest BCUT2D eigenvalue weighted by Gasteiger charge is 2.49. The number of benzene rings is 1. The summed E-state index contributed by atoms with van der Waals surface area (Å²) in [5.41, 5.74) is 3.12. The average Bonchev–Trinajstić information content (AvgIpc) is 3.54. The summed E-state index contributed by atoms with van der Waals surface area (Å²) >= 11 is 4.39. The average molecular weight is 607 g/mol. The number of ketones is 1. The molecule has 1 amide bonds. The van der Waals surface area contributed by atoms with Crippen molar-refractivity contribution in [2.24, 2.45) is 0 Å². The first-order valence-electron chi connectivity index (χ1n) is 11.9. The number of Topliss-reactive ketones (excluding diaryl/α,β-unsaturated/α-hetero) is 1. The fourth-order valence-corrected chi connectivity index (χ4v) is 5.98. The number of aliphatic hydroxyl groups is 1. The topological polar surface area (TPSA) is 114 Å². The second-order valence-corrected chi connectivity index (χ2v) is 10.8. The van der Waals surface area contributed by atoms with Crippen molar-refractivity contribution in [1.82, 2.24) is 14.4 Å². The third-order valence-corrected chi connectivity index (χ3v) is 8.06. The van der Waals surface area contributed by atoms with E-state index in [2.05, 4.69) is 32.5 Å². The lowest BCUT2D eigenvalue weighted by Gasteiger charge is -2.23. The van der Waals surface area contributed by atoms with E-state index in [0.29, 0.717) is 27.1 Å². The molecule has 4 heterocycles. The number of aliphatic hydroxyl groups excluding tert-OH is 1. The van der Waals surface area contributed by atoms with E-state index in [0.717, 1.165) is 16.9 Å². The summed E-state index contributed by atoms with van der Waals surface area (Å²) in [5, 5.41) is 11.7. The van der Waals surface area contributed by atoms with Crippen molar-refractivity contribution < 1.29 is 24.2 Å². The lowest BCUT2D eigenvalue weighted by molar-refractivity contribution is -0.132. The number of fused-ring (bicyclic) bond motifs is 1. The quantitative estimate of drug-likeness (QED) is 0.102. The van der Waals surface area contributed by atoms with Crippen molar-refractivity contribution in [3.8, 4) is 0 Å². The van der Waals surface area contributed by atoms with Gasteiger partial charge in [-0.2, -0.15) is 0 Å². The van der Waals surface area contributed by atoms with Crippen LogP contribution in [0.2, 0.25) is 0 Å². The van der Waals surface area contributed by atoms with Crippen LogP contribution in [0.5, 0.6) is 0 Å². The number of carbonyl (C=O) groups excluding carboxylic acids is 3. The molecule has 1 aromatic carbocycles. The van der Waals surface area contributed by atoms with E-state index in [9.17, 15) is 19.5 Å². The van der Waals surface area contributed by atoms with Gasteiger partial charge in [0, 0.05) is 10.7 Å². The Labute approximate surface area is 236 Å². The molecule has 5 rings (SSSR count). The molecule has 0 spiro atoms. The molecular weight excluding hydrogens is 584 g/mol. The minimum Gasteiger partial charge on any atom is -0.505 e. The van der Waals surface area contributed by atoms with Gasteiger partial charge in [-0.05, 0) is 50.1 Å². The van der Waals surface area contributed by atoms with Gasteiger partial charge >= 0.3 is 11.9 Å². The van der Waals surface area contributed by atoms with Gasteiger partial charge in [0.1, 0.15) is 22.8 Å². The lowest BCUT2D eigenvalue weighted by Crippen LogP contribution is -2.29. The molecule has 1 unspecified atom stereocenters. The highest BCUT2D eigenvalue weighted by Crippen LogP contribution is 2.44. The van der Waals surface area contributed by atoms with Crippen LogP contribution in [0.25, 0.3) is 11.4 Å². The number of esters is 1. The number of rotatable bonds is 6. The van der Waals surface area contributed by atoms with E-state index >= 15 is 0 Å². The number of imidazole rings is 1. The van der Waals surface area contributed by atoms with E-state index in [1.54, 1.807) is 32.0 Å². The molecule has 0 aliphatic carbocycles.